The maximum absolute atomic E-state index is 5.89. The van der Waals surface area contributed by atoms with Crippen molar-refractivity contribution < 1.29 is 4.74 Å². The number of rotatable bonds is 4. The van der Waals surface area contributed by atoms with Crippen molar-refractivity contribution in [2.45, 2.75) is 26.2 Å². The van der Waals surface area contributed by atoms with Crippen LogP contribution in [0.5, 0.6) is 11.5 Å². The van der Waals surface area contributed by atoms with Crippen molar-refractivity contribution in [1.29, 1.82) is 0 Å². The fourth-order valence-electron chi connectivity index (χ4n) is 3.08. The largest absolute Gasteiger partial charge is 0.457 e. The minimum absolute atomic E-state index is 0.141. The Balaban J connectivity index is 1.59. The molecule has 0 spiro atoms. The molecule has 0 amide bonds. The van der Waals surface area contributed by atoms with E-state index in [2.05, 4.69) is 55.3 Å². The van der Waals surface area contributed by atoms with Crippen LogP contribution < -0.4 is 10.1 Å². The van der Waals surface area contributed by atoms with Crippen LogP contribution in [0, 0.1) is 0 Å². The first-order chi connectivity index (χ1) is 13.4. The van der Waals surface area contributed by atoms with Crippen molar-refractivity contribution in [3.63, 3.8) is 0 Å². The van der Waals surface area contributed by atoms with Crippen LogP contribution >= 0.6 is 0 Å². The fourth-order valence-corrected chi connectivity index (χ4v) is 3.08. The summed E-state index contributed by atoms with van der Waals surface area (Å²) < 4.78 is 7.93. The summed E-state index contributed by atoms with van der Waals surface area (Å²) in [6.45, 7) is 6.64. The Hall–Kier alpha value is -3.34. The molecule has 0 saturated heterocycles. The first-order valence-electron chi connectivity index (χ1n) is 9.32. The summed E-state index contributed by atoms with van der Waals surface area (Å²) >= 11 is 0. The van der Waals surface area contributed by atoms with E-state index in [1.54, 1.807) is 12.4 Å². The van der Waals surface area contributed by atoms with E-state index in [0.29, 0.717) is 0 Å². The molecule has 142 valence electrons. The van der Waals surface area contributed by atoms with Gasteiger partial charge in [-0.1, -0.05) is 32.9 Å². The van der Waals surface area contributed by atoms with Gasteiger partial charge >= 0.3 is 0 Å². The van der Waals surface area contributed by atoms with Crippen molar-refractivity contribution in [1.82, 2.24) is 14.5 Å². The number of hydrogen-bond acceptors (Lipinski definition) is 4. The molecule has 0 aliphatic rings. The van der Waals surface area contributed by atoms with Gasteiger partial charge in [0.25, 0.3) is 0 Å². The zero-order chi connectivity index (χ0) is 19.7. The number of hydrogen-bond donors (Lipinski definition) is 1. The molecule has 4 aromatic rings. The van der Waals surface area contributed by atoms with Crippen LogP contribution in [0.1, 0.15) is 26.3 Å². The number of aromatic nitrogens is 3. The second kappa shape index (κ2) is 7.00. The predicted molar refractivity (Wildman–Crippen MR) is 113 cm³/mol. The summed E-state index contributed by atoms with van der Waals surface area (Å²) in [4.78, 5) is 8.75. The van der Waals surface area contributed by atoms with Gasteiger partial charge in [0.1, 0.15) is 11.5 Å². The van der Waals surface area contributed by atoms with Crippen molar-refractivity contribution in [3.8, 4) is 11.5 Å². The molecular formula is C23H24N4O. The zero-order valence-electron chi connectivity index (χ0n) is 16.6. The lowest BCUT2D eigenvalue weighted by Crippen LogP contribution is -2.10. The Morgan fingerprint density at radius 1 is 0.893 bits per heavy atom. The van der Waals surface area contributed by atoms with Gasteiger partial charge in [0.15, 0.2) is 0 Å². The molecular weight excluding hydrogens is 348 g/mol. The molecule has 28 heavy (non-hydrogen) atoms. The maximum Gasteiger partial charge on any atom is 0.208 e. The molecule has 1 N–H and O–H groups in total. The van der Waals surface area contributed by atoms with Crippen molar-refractivity contribution in [3.05, 3.63) is 72.6 Å². The SMILES string of the molecule is Cn1c(Nc2ccc(C(C)(C)C)cc2)nc2cc(Oc3ccncc3)ccc21. The monoisotopic (exact) mass is 372 g/mol. The Morgan fingerprint density at radius 2 is 1.61 bits per heavy atom. The standard InChI is InChI=1S/C23H24N4O/c1-23(2,3)16-5-7-17(8-6-16)25-22-26-20-15-19(9-10-21(20)27(22)4)28-18-11-13-24-14-12-18/h5-15H,1-4H3,(H,25,26). The van der Waals surface area contributed by atoms with Crippen molar-refractivity contribution in [2.24, 2.45) is 7.05 Å². The maximum atomic E-state index is 5.89. The van der Waals surface area contributed by atoms with Crippen LogP contribution in [0.25, 0.3) is 11.0 Å². The van der Waals surface area contributed by atoms with Gasteiger partial charge in [-0.3, -0.25) is 4.98 Å². The summed E-state index contributed by atoms with van der Waals surface area (Å²) in [5, 5.41) is 3.41. The van der Waals surface area contributed by atoms with E-state index in [1.807, 2.05) is 41.9 Å². The predicted octanol–water partition coefficient (Wildman–Crippen LogP) is 5.80. The number of fused-ring (bicyclic) bond motifs is 1. The molecule has 0 aliphatic heterocycles. The lowest BCUT2D eigenvalue weighted by Gasteiger charge is -2.19. The van der Waals surface area contributed by atoms with Crippen LogP contribution in [0.15, 0.2) is 67.0 Å². The molecule has 0 fully saturated rings. The Morgan fingerprint density at radius 3 is 2.29 bits per heavy atom. The number of nitrogens with one attached hydrogen (secondary N) is 1. The van der Waals surface area contributed by atoms with Crippen molar-refractivity contribution >= 4 is 22.7 Å². The molecule has 5 nitrogen and oxygen atoms in total. The zero-order valence-corrected chi connectivity index (χ0v) is 16.6. The number of nitrogens with zero attached hydrogens (tertiary/aromatic N) is 3. The second-order valence-electron chi connectivity index (χ2n) is 7.88. The third-order valence-electron chi connectivity index (χ3n) is 4.74. The molecule has 0 saturated carbocycles. The van der Waals surface area contributed by atoms with Crippen LogP contribution in [-0.2, 0) is 12.5 Å². The van der Waals surface area contributed by atoms with Crippen LogP contribution in [0.2, 0.25) is 0 Å². The first-order valence-corrected chi connectivity index (χ1v) is 9.32. The van der Waals surface area contributed by atoms with Gasteiger partial charge in [-0.15, -0.1) is 0 Å². The minimum atomic E-state index is 0.141. The quantitative estimate of drug-likeness (QED) is 0.492. The average Bonchev–Trinajstić information content (AvgIpc) is 2.97. The molecule has 2 aromatic heterocycles. The van der Waals surface area contributed by atoms with Gasteiger partial charge in [-0.25, -0.2) is 4.98 Å². The minimum Gasteiger partial charge on any atom is -0.457 e. The van der Waals surface area contributed by atoms with Gasteiger partial charge in [-0.05, 0) is 47.4 Å². The van der Waals surface area contributed by atoms with Gasteiger partial charge < -0.3 is 14.6 Å². The Kier molecular flexibility index (Phi) is 4.51. The molecule has 5 heteroatoms. The number of pyridine rings is 1. The molecule has 0 radical (unpaired) electrons. The highest BCUT2D eigenvalue weighted by Crippen LogP contribution is 2.29. The smallest absolute Gasteiger partial charge is 0.208 e. The van der Waals surface area contributed by atoms with E-state index in [0.717, 1.165) is 34.2 Å². The van der Waals surface area contributed by atoms with Gasteiger partial charge in [0, 0.05) is 31.2 Å². The van der Waals surface area contributed by atoms with E-state index in [1.165, 1.54) is 5.56 Å². The Bertz CT molecular complexity index is 1090. The normalized spacial score (nSPS) is 11.6. The van der Waals surface area contributed by atoms with E-state index in [4.69, 9.17) is 9.72 Å². The highest BCUT2D eigenvalue weighted by atomic mass is 16.5. The molecule has 2 heterocycles. The molecule has 0 bridgehead atoms. The summed E-state index contributed by atoms with van der Waals surface area (Å²) in [6.07, 6.45) is 3.42. The number of imidazole rings is 1. The summed E-state index contributed by atoms with van der Waals surface area (Å²) in [7, 11) is 2.00. The molecule has 0 unspecified atom stereocenters. The third-order valence-corrected chi connectivity index (χ3v) is 4.74. The summed E-state index contributed by atoms with van der Waals surface area (Å²) in [5.41, 5.74) is 4.38. The molecule has 0 atom stereocenters. The van der Waals surface area contributed by atoms with Crippen molar-refractivity contribution in [2.75, 3.05) is 5.32 Å². The summed E-state index contributed by atoms with van der Waals surface area (Å²) in [5.74, 6) is 2.29. The second-order valence-corrected chi connectivity index (χ2v) is 7.88. The number of anilines is 2. The molecule has 4 rings (SSSR count). The van der Waals surface area contributed by atoms with Gasteiger partial charge in [0.05, 0.1) is 11.0 Å². The lowest BCUT2D eigenvalue weighted by atomic mass is 9.87. The fraction of sp³-hybridized carbons (Fsp3) is 0.217. The van der Waals surface area contributed by atoms with Crippen LogP contribution in [0.3, 0.4) is 0 Å². The number of ether oxygens (including phenoxy) is 1. The Labute approximate surface area is 165 Å². The number of benzene rings is 2. The lowest BCUT2D eigenvalue weighted by molar-refractivity contribution is 0.482. The highest BCUT2D eigenvalue weighted by molar-refractivity contribution is 5.81. The average molecular weight is 372 g/mol. The number of aryl methyl sites for hydroxylation is 1. The van der Waals surface area contributed by atoms with Gasteiger partial charge in [-0.2, -0.15) is 0 Å². The van der Waals surface area contributed by atoms with E-state index < -0.39 is 0 Å². The van der Waals surface area contributed by atoms with E-state index in [-0.39, 0.29) is 5.41 Å². The topological polar surface area (TPSA) is 52.0 Å². The first kappa shape index (κ1) is 18.0. The molecule has 0 aliphatic carbocycles. The van der Waals surface area contributed by atoms with Gasteiger partial charge in [0.2, 0.25) is 5.95 Å². The molecule has 2 aromatic carbocycles. The summed E-state index contributed by atoms with van der Waals surface area (Å²) in [6, 6.07) is 18.1. The van der Waals surface area contributed by atoms with Crippen LogP contribution in [0.4, 0.5) is 11.6 Å². The van der Waals surface area contributed by atoms with E-state index in [9.17, 15) is 0 Å². The van der Waals surface area contributed by atoms with Crippen LogP contribution in [-0.4, -0.2) is 14.5 Å². The third kappa shape index (κ3) is 3.69. The van der Waals surface area contributed by atoms with E-state index >= 15 is 0 Å². The highest BCUT2D eigenvalue weighted by Gasteiger charge is 2.14.